The summed E-state index contributed by atoms with van der Waals surface area (Å²) in [5.41, 5.74) is 1.50. The second-order valence-electron chi connectivity index (χ2n) is 7.09. The Morgan fingerprint density at radius 2 is 1.94 bits per heavy atom. The third-order valence-electron chi connectivity index (χ3n) is 4.56. The molecule has 33 heavy (non-hydrogen) atoms. The summed E-state index contributed by atoms with van der Waals surface area (Å²) < 4.78 is 11.6. The molecule has 2 aromatic heterocycles. The quantitative estimate of drug-likeness (QED) is 0.338. The Morgan fingerprint density at radius 3 is 2.73 bits per heavy atom. The number of carbonyl (C=O) groups is 2. The Kier molecular flexibility index (Phi) is 6.37. The molecule has 166 valence electrons. The standard InChI is InChI=1S/C24H18ClN3O5/c1-15-11-21-26-18(13-23(30)28(21)33-15)14-32-24(31)17-8-9-19(25)20(12-17)27-22(29)10-7-16-5-3-2-4-6-16/h2-13H,14H2,1H3,(H,27,29)/b10-7+. The molecule has 2 heterocycles. The number of fused-ring (bicyclic) bond motifs is 1. The summed E-state index contributed by atoms with van der Waals surface area (Å²) in [4.78, 5) is 41.1. The number of aryl methyl sites for hydroxylation is 1. The van der Waals surface area contributed by atoms with Gasteiger partial charge in [-0.15, -0.1) is 4.57 Å². The van der Waals surface area contributed by atoms with Gasteiger partial charge in [-0.1, -0.05) is 41.9 Å². The molecular weight excluding hydrogens is 446 g/mol. The Morgan fingerprint density at radius 1 is 1.15 bits per heavy atom. The smallest absolute Gasteiger partial charge is 0.338 e. The van der Waals surface area contributed by atoms with Gasteiger partial charge >= 0.3 is 5.97 Å². The van der Waals surface area contributed by atoms with Crippen LogP contribution in [0.1, 0.15) is 27.4 Å². The Hall–Kier alpha value is -4.17. The highest BCUT2D eigenvalue weighted by molar-refractivity contribution is 6.34. The first kappa shape index (κ1) is 22.0. The van der Waals surface area contributed by atoms with Crippen molar-refractivity contribution in [3.63, 3.8) is 0 Å². The van der Waals surface area contributed by atoms with Crippen LogP contribution in [0.3, 0.4) is 0 Å². The highest BCUT2D eigenvalue weighted by Gasteiger charge is 2.13. The maximum Gasteiger partial charge on any atom is 0.338 e. The van der Waals surface area contributed by atoms with Gasteiger partial charge in [0.25, 0.3) is 5.56 Å². The van der Waals surface area contributed by atoms with Crippen LogP contribution in [0, 0.1) is 6.92 Å². The summed E-state index contributed by atoms with van der Waals surface area (Å²) in [7, 11) is 0. The van der Waals surface area contributed by atoms with Crippen molar-refractivity contribution < 1.29 is 18.8 Å². The van der Waals surface area contributed by atoms with Gasteiger partial charge in [0.2, 0.25) is 5.91 Å². The predicted molar refractivity (Wildman–Crippen MR) is 123 cm³/mol. The minimum atomic E-state index is -0.660. The van der Waals surface area contributed by atoms with Crippen LogP contribution in [-0.4, -0.2) is 21.4 Å². The number of nitrogens with zero attached hydrogens (tertiary/aromatic N) is 2. The first-order valence-corrected chi connectivity index (χ1v) is 10.3. The largest absolute Gasteiger partial charge is 0.456 e. The van der Waals surface area contributed by atoms with Crippen LogP contribution in [0.15, 0.2) is 76.1 Å². The zero-order valence-corrected chi connectivity index (χ0v) is 18.2. The van der Waals surface area contributed by atoms with E-state index < -0.39 is 17.4 Å². The number of rotatable bonds is 6. The van der Waals surface area contributed by atoms with Crippen molar-refractivity contribution in [2.24, 2.45) is 0 Å². The normalized spacial score (nSPS) is 11.1. The van der Waals surface area contributed by atoms with Crippen LogP contribution in [0.25, 0.3) is 11.7 Å². The monoisotopic (exact) mass is 463 g/mol. The van der Waals surface area contributed by atoms with E-state index in [1.165, 1.54) is 30.3 Å². The van der Waals surface area contributed by atoms with Crippen molar-refractivity contribution in [2.75, 3.05) is 5.32 Å². The number of carbonyl (C=O) groups excluding carboxylic acids is 2. The van der Waals surface area contributed by atoms with Gasteiger partial charge in [-0.25, -0.2) is 9.78 Å². The second-order valence-corrected chi connectivity index (χ2v) is 7.50. The second kappa shape index (κ2) is 9.54. The highest BCUT2D eigenvalue weighted by Crippen LogP contribution is 2.24. The molecule has 4 rings (SSSR count). The number of benzene rings is 2. The lowest BCUT2D eigenvalue weighted by molar-refractivity contribution is -0.111. The molecule has 0 fully saturated rings. The van der Waals surface area contributed by atoms with E-state index in [1.807, 2.05) is 30.3 Å². The Balaban J connectivity index is 1.43. The van der Waals surface area contributed by atoms with Crippen molar-refractivity contribution in [1.29, 1.82) is 0 Å². The molecule has 8 nitrogen and oxygen atoms in total. The Labute approximate surface area is 193 Å². The molecule has 0 unspecified atom stereocenters. The summed E-state index contributed by atoms with van der Waals surface area (Å²) in [6.45, 7) is 1.49. The maximum absolute atomic E-state index is 12.5. The van der Waals surface area contributed by atoms with Crippen molar-refractivity contribution in [3.05, 3.63) is 105 Å². The minimum absolute atomic E-state index is 0.179. The van der Waals surface area contributed by atoms with Crippen molar-refractivity contribution >= 4 is 40.9 Å². The summed E-state index contributed by atoms with van der Waals surface area (Å²) >= 11 is 6.16. The fourth-order valence-corrected chi connectivity index (χ4v) is 3.19. The Bertz CT molecular complexity index is 1420. The molecule has 2 aromatic carbocycles. The number of anilines is 1. The van der Waals surface area contributed by atoms with E-state index >= 15 is 0 Å². The molecule has 0 bridgehead atoms. The molecule has 0 aliphatic carbocycles. The van der Waals surface area contributed by atoms with Gasteiger partial charge in [-0.3, -0.25) is 9.59 Å². The van der Waals surface area contributed by atoms with Gasteiger partial charge < -0.3 is 14.6 Å². The number of halogens is 1. The third-order valence-corrected chi connectivity index (χ3v) is 4.89. The van der Waals surface area contributed by atoms with Gasteiger partial charge in [0.05, 0.1) is 22.0 Å². The number of hydrogen-bond acceptors (Lipinski definition) is 6. The van der Waals surface area contributed by atoms with Gasteiger partial charge in [-0.2, -0.15) is 0 Å². The predicted octanol–water partition coefficient (Wildman–Crippen LogP) is 4.26. The van der Waals surface area contributed by atoms with Gasteiger partial charge in [0.1, 0.15) is 12.4 Å². The minimum Gasteiger partial charge on any atom is -0.456 e. The van der Waals surface area contributed by atoms with E-state index in [9.17, 15) is 14.4 Å². The van der Waals surface area contributed by atoms with E-state index in [4.69, 9.17) is 20.9 Å². The molecule has 0 atom stereocenters. The van der Waals surface area contributed by atoms with Crippen molar-refractivity contribution in [3.8, 4) is 0 Å². The lowest BCUT2D eigenvalue weighted by atomic mass is 10.2. The number of nitrogens with one attached hydrogen (secondary N) is 1. The van der Waals surface area contributed by atoms with Gasteiger partial charge in [0, 0.05) is 18.2 Å². The van der Waals surface area contributed by atoms with Crippen LogP contribution >= 0.6 is 11.6 Å². The number of esters is 1. The first-order valence-electron chi connectivity index (χ1n) is 9.89. The molecule has 4 aromatic rings. The first-order chi connectivity index (χ1) is 15.9. The zero-order valence-electron chi connectivity index (χ0n) is 17.4. The average molecular weight is 464 g/mol. The van der Waals surface area contributed by atoms with Gasteiger partial charge in [0.15, 0.2) is 5.65 Å². The van der Waals surface area contributed by atoms with Crippen LogP contribution in [0.5, 0.6) is 0 Å². The third kappa shape index (κ3) is 5.36. The van der Waals surface area contributed by atoms with Crippen LogP contribution in [-0.2, 0) is 16.1 Å². The number of hydrogen-bond donors (Lipinski definition) is 1. The average Bonchev–Trinajstić information content (AvgIpc) is 3.19. The van der Waals surface area contributed by atoms with Crippen LogP contribution in [0.4, 0.5) is 5.69 Å². The molecule has 1 amide bonds. The molecule has 0 aliphatic heterocycles. The number of aromatic nitrogens is 2. The van der Waals surface area contributed by atoms with Crippen LogP contribution < -0.4 is 10.9 Å². The molecule has 1 N–H and O–H groups in total. The van der Waals surface area contributed by atoms with Gasteiger partial charge in [-0.05, 0) is 36.8 Å². The number of ether oxygens (including phenoxy) is 1. The van der Waals surface area contributed by atoms with Crippen LogP contribution in [0.2, 0.25) is 5.02 Å². The van der Waals surface area contributed by atoms with E-state index in [-0.39, 0.29) is 28.6 Å². The molecule has 9 heteroatoms. The lowest BCUT2D eigenvalue weighted by Gasteiger charge is -2.09. The summed E-state index contributed by atoms with van der Waals surface area (Å²) in [5, 5.41) is 2.91. The molecule has 0 aliphatic rings. The van der Waals surface area contributed by atoms with E-state index in [1.54, 1.807) is 19.1 Å². The lowest BCUT2D eigenvalue weighted by Crippen LogP contribution is -2.15. The fraction of sp³-hybridized carbons (Fsp3) is 0.0833. The van der Waals surface area contributed by atoms with E-state index in [2.05, 4.69) is 10.3 Å². The molecule has 0 spiro atoms. The topological polar surface area (TPSA) is 103 Å². The molecule has 0 saturated carbocycles. The van der Waals surface area contributed by atoms with E-state index in [0.717, 1.165) is 10.1 Å². The zero-order chi connectivity index (χ0) is 23.4. The molecular formula is C24H18ClN3O5. The molecule has 0 saturated heterocycles. The maximum atomic E-state index is 12.5. The van der Waals surface area contributed by atoms with Crippen molar-refractivity contribution in [1.82, 2.24) is 9.56 Å². The summed E-state index contributed by atoms with van der Waals surface area (Å²) in [6.07, 6.45) is 3.03. The molecule has 0 radical (unpaired) electrons. The summed E-state index contributed by atoms with van der Waals surface area (Å²) in [6, 6.07) is 16.6. The summed E-state index contributed by atoms with van der Waals surface area (Å²) in [5.74, 6) is -0.532. The highest BCUT2D eigenvalue weighted by atomic mass is 35.5. The van der Waals surface area contributed by atoms with E-state index in [0.29, 0.717) is 11.4 Å². The number of amides is 1. The fourth-order valence-electron chi connectivity index (χ4n) is 3.03. The van der Waals surface area contributed by atoms with Crippen molar-refractivity contribution in [2.45, 2.75) is 13.5 Å². The SMILES string of the molecule is Cc1cc2nc(COC(=O)c3ccc(Cl)c(NC(=O)/C=C/c4ccccc4)c3)cc(=O)n2o1.